The van der Waals surface area contributed by atoms with Crippen molar-refractivity contribution in [3.63, 3.8) is 0 Å². The topological polar surface area (TPSA) is 75.7 Å². The Bertz CT molecular complexity index is 616. The molecular formula is C14H12N2O3. The van der Waals surface area contributed by atoms with Gasteiger partial charge in [0.25, 0.3) is 5.69 Å². The Morgan fingerprint density at radius 3 is 1.95 bits per heavy atom. The zero-order valence-electron chi connectivity index (χ0n) is 10.3. The molecule has 96 valence electrons. The van der Waals surface area contributed by atoms with E-state index in [2.05, 4.69) is 5.16 Å². The minimum atomic E-state index is -0.423. The fourth-order valence-corrected chi connectivity index (χ4v) is 1.74. The van der Waals surface area contributed by atoms with Crippen molar-refractivity contribution in [2.75, 3.05) is 0 Å². The summed E-state index contributed by atoms with van der Waals surface area (Å²) in [5.41, 5.74) is 3.28. The largest absolute Gasteiger partial charge is 0.411 e. The summed E-state index contributed by atoms with van der Waals surface area (Å²) in [4.78, 5) is 10.1. The summed E-state index contributed by atoms with van der Waals surface area (Å²) >= 11 is 0. The van der Waals surface area contributed by atoms with E-state index >= 15 is 0 Å². The summed E-state index contributed by atoms with van der Waals surface area (Å²) < 4.78 is 0. The summed E-state index contributed by atoms with van der Waals surface area (Å²) in [7, 11) is 0. The molecule has 2 aromatic carbocycles. The third-order valence-electron chi connectivity index (χ3n) is 2.86. The number of hydrogen-bond acceptors (Lipinski definition) is 4. The van der Waals surface area contributed by atoms with Crippen molar-refractivity contribution in [2.24, 2.45) is 5.16 Å². The van der Waals surface area contributed by atoms with E-state index < -0.39 is 4.92 Å². The SMILES string of the molecule is CC(=NO)c1ccc(-c2ccc([N+](=O)[O-])cc2)cc1. The van der Waals surface area contributed by atoms with Crippen LogP contribution in [-0.2, 0) is 0 Å². The Hall–Kier alpha value is -2.69. The van der Waals surface area contributed by atoms with Gasteiger partial charge >= 0.3 is 0 Å². The minimum Gasteiger partial charge on any atom is -0.411 e. The average molecular weight is 256 g/mol. The van der Waals surface area contributed by atoms with E-state index in [1.807, 2.05) is 24.3 Å². The van der Waals surface area contributed by atoms with Gasteiger partial charge in [0.1, 0.15) is 0 Å². The quantitative estimate of drug-likeness (QED) is 0.395. The van der Waals surface area contributed by atoms with Crippen molar-refractivity contribution in [3.05, 3.63) is 64.2 Å². The normalized spacial score (nSPS) is 11.3. The standard InChI is InChI=1S/C14H12N2O3/c1-10(15-17)11-2-4-12(5-3-11)13-6-8-14(9-7-13)16(18)19/h2-9,17H,1H3. The van der Waals surface area contributed by atoms with Gasteiger partial charge in [0, 0.05) is 12.1 Å². The Morgan fingerprint density at radius 1 is 1.05 bits per heavy atom. The van der Waals surface area contributed by atoms with Crippen LogP contribution in [0.3, 0.4) is 0 Å². The van der Waals surface area contributed by atoms with Gasteiger partial charge in [-0.1, -0.05) is 29.4 Å². The van der Waals surface area contributed by atoms with Crippen molar-refractivity contribution in [1.82, 2.24) is 0 Å². The molecule has 0 bridgehead atoms. The van der Waals surface area contributed by atoms with Crippen LogP contribution in [0.1, 0.15) is 12.5 Å². The first-order chi connectivity index (χ1) is 9.11. The maximum Gasteiger partial charge on any atom is 0.269 e. The molecule has 0 aromatic heterocycles. The first kappa shape index (κ1) is 12.8. The minimum absolute atomic E-state index is 0.0728. The van der Waals surface area contributed by atoms with Gasteiger partial charge in [0.15, 0.2) is 0 Å². The maximum absolute atomic E-state index is 10.6. The van der Waals surface area contributed by atoms with E-state index in [1.54, 1.807) is 19.1 Å². The molecule has 0 aliphatic rings. The van der Waals surface area contributed by atoms with Crippen LogP contribution < -0.4 is 0 Å². The van der Waals surface area contributed by atoms with Crippen LogP contribution >= 0.6 is 0 Å². The second kappa shape index (κ2) is 5.30. The van der Waals surface area contributed by atoms with E-state index in [9.17, 15) is 10.1 Å². The molecule has 0 saturated carbocycles. The van der Waals surface area contributed by atoms with Crippen LogP contribution in [-0.4, -0.2) is 15.8 Å². The summed E-state index contributed by atoms with van der Waals surface area (Å²) in [5, 5.41) is 22.4. The van der Waals surface area contributed by atoms with E-state index in [0.29, 0.717) is 5.71 Å². The van der Waals surface area contributed by atoms with Gasteiger partial charge in [0.05, 0.1) is 10.6 Å². The number of hydrogen-bond donors (Lipinski definition) is 1. The highest BCUT2D eigenvalue weighted by atomic mass is 16.6. The predicted molar refractivity (Wildman–Crippen MR) is 72.5 cm³/mol. The number of non-ortho nitro benzene ring substituents is 1. The van der Waals surface area contributed by atoms with Crippen LogP contribution in [0.5, 0.6) is 0 Å². The summed E-state index contributed by atoms with van der Waals surface area (Å²) in [6.07, 6.45) is 0. The molecule has 0 radical (unpaired) electrons. The third-order valence-corrected chi connectivity index (χ3v) is 2.86. The van der Waals surface area contributed by atoms with Gasteiger partial charge in [-0.15, -0.1) is 0 Å². The van der Waals surface area contributed by atoms with E-state index in [0.717, 1.165) is 16.7 Å². The lowest BCUT2D eigenvalue weighted by molar-refractivity contribution is -0.384. The fraction of sp³-hybridized carbons (Fsp3) is 0.0714. The lowest BCUT2D eigenvalue weighted by Gasteiger charge is -2.03. The molecule has 1 N–H and O–H groups in total. The zero-order valence-corrected chi connectivity index (χ0v) is 10.3. The summed E-state index contributed by atoms with van der Waals surface area (Å²) in [5.74, 6) is 0. The highest BCUT2D eigenvalue weighted by Gasteiger charge is 2.05. The molecule has 5 nitrogen and oxygen atoms in total. The third kappa shape index (κ3) is 2.77. The molecular weight excluding hydrogens is 244 g/mol. The molecule has 2 rings (SSSR count). The molecule has 0 fully saturated rings. The van der Waals surface area contributed by atoms with Gasteiger partial charge in [0.2, 0.25) is 0 Å². The van der Waals surface area contributed by atoms with Crippen molar-refractivity contribution in [2.45, 2.75) is 6.92 Å². The highest BCUT2D eigenvalue weighted by Crippen LogP contribution is 2.22. The highest BCUT2D eigenvalue weighted by molar-refractivity contribution is 5.98. The van der Waals surface area contributed by atoms with E-state index in [1.165, 1.54) is 12.1 Å². The lowest BCUT2D eigenvalue weighted by atomic mass is 10.0. The van der Waals surface area contributed by atoms with Crippen LogP contribution in [0.4, 0.5) is 5.69 Å². The van der Waals surface area contributed by atoms with Crippen molar-refractivity contribution in [3.8, 4) is 11.1 Å². The summed E-state index contributed by atoms with van der Waals surface area (Å²) in [6.45, 7) is 1.71. The average Bonchev–Trinajstić information content (AvgIpc) is 2.46. The molecule has 0 atom stereocenters. The predicted octanol–water partition coefficient (Wildman–Crippen LogP) is 3.46. The van der Waals surface area contributed by atoms with Crippen LogP contribution in [0.15, 0.2) is 53.7 Å². The van der Waals surface area contributed by atoms with E-state index in [4.69, 9.17) is 5.21 Å². The Kier molecular flexibility index (Phi) is 3.56. The molecule has 0 unspecified atom stereocenters. The Labute approximate surface area is 110 Å². The molecule has 19 heavy (non-hydrogen) atoms. The fourth-order valence-electron chi connectivity index (χ4n) is 1.74. The second-order valence-electron chi connectivity index (χ2n) is 4.07. The molecule has 0 aliphatic carbocycles. The van der Waals surface area contributed by atoms with Crippen LogP contribution in [0.2, 0.25) is 0 Å². The van der Waals surface area contributed by atoms with Crippen molar-refractivity contribution < 1.29 is 10.1 Å². The summed E-state index contributed by atoms with van der Waals surface area (Å²) in [6, 6.07) is 13.8. The zero-order chi connectivity index (χ0) is 13.8. The number of benzene rings is 2. The molecule has 0 aliphatic heterocycles. The number of oxime groups is 1. The van der Waals surface area contributed by atoms with Gasteiger partial charge in [-0.05, 0) is 35.7 Å². The van der Waals surface area contributed by atoms with Crippen molar-refractivity contribution in [1.29, 1.82) is 0 Å². The molecule has 2 aromatic rings. The number of nitrogens with zero attached hydrogens (tertiary/aromatic N) is 2. The first-order valence-corrected chi connectivity index (χ1v) is 5.66. The van der Waals surface area contributed by atoms with Crippen LogP contribution in [0, 0.1) is 10.1 Å². The lowest BCUT2D eigenvalue weighted by Crippen LogP contribution is -1.93. The van der Waals surface area contributed by atoms with Gasteiger partial charge in [-0.25, -0.2) is 0 Å². The van der Waals surface area contributed by atoms with E-state index in [-0.39, 0.29) is 5.69 Å². The molecule has 0 saturated heterocycles. The number of rotatable bonds is 3. The number of nitro groups is 1. The Balaban J connectivity index is 2.29. The van der Waals surface area contributed by atoms with Crippen LogP contribution in [0.25, 0.3) is 11.1 Å². The van der Waals surface area contributed by atoms with Crippen molar-refractivity contribution >= 4 is 11.4 Å². The van der Waals surface area contributed by atoms with Gasteiger partial charge in [-0.2, -0.15) is 0 Å². The number of nitro benzene ring substituents is 1. The molecule has 0 heterocycles. The smallest absolute Gasteiger partial charge is 0.269 e. The second-order valence-corrected chi connectivity index (χ2v) is 4.07. The first-order valence-electron chi connectivity index (χ1n) is 5.66. The molecule has 5 heteroatoms. The maximum atomic E-state index is 10.6. The monoisotopic (exact) mass is 256 g/mol. The van der Waals surface area contributed by atoms with Gasteiger partial charge in [-0.3, -0.25) is 10.1 Å². The Morgan fingerprint density at radius 2 is 1.53 bits per heavy atom. The van der Waals surface area contributed by atoms with Gasteiger partial charge < -0.3 is 5.21 Å². The molecule has 0 amide bonds. The molecule has 0 spiro atoms.